The van der Waals surface area contributed by atoms with Crippen molar-refractivity contribution < 1.29 is 9.53 Å². The molecule has 0 unspecified atom stereocenters. The maximum atomic E-state index is 12.3. The third kappa shape index (κ3) is 5.33. The van der Waals surface area contributed by atoms with Crippen molar-refractivity contribution in [2.75, 3.05) is 11.9 Å². The number of nitrogens with one attached hydrogen (secondary N) is 1. The van der Waals surface area contributed by atoms with Crippen molar-refractivity contribution in [3.8, 4) is 11.8 Å². The molecule has 1 amide bonds. The molecule has 2 aromatic carbocycles. The Morgan fingerprint density at radius 1 is 1.32 bits per heavy atom. The van der Waals surface area contributed by atoms with Crippen LogP contribution in [0.3, 0.4) is 0 Å². The lowest BCUT2D eigenvalue weighted by molar-refractivity contribution is -0.112. The molecule has 2 aromatic rings. The fourth-order valence-corrected chi connectivity index (χ4v) is 3.67. The molecule has 0 aliphatic carbocycles. The molecule has 2 rings (SSSR count). The van der Waals surface area contributed by atoms with E-state index in [0.29, 0.717) is 28.6 Å². The molecule has 0 bridgehead atoms. The van der Waals surface area contributed by atoms with Gasteiger partial charge in [-0.15, -0.1) is 0 Å². The van der Waals surface area contributed by atoms with Crippen LogP contribution in [0, 0.1) is 11.3 Å². The molecule has 25 heavy (non-hydrogen) atoms. The molecule has 0 radical (unpaired) electrons. The van der Waals surface area contributed by atoms with Crippen LogP contribution in [0.5, 0.6) is 5.75 Å². The Balaban J connectivity index is 2.28. The van der Waals surface area contributed by atoms with Crippen molar-refractivity contribution in [3.05, 3.63) is 61.5 Å². The SMILES string of the molecule is CCOc1c(Br)cc(/C=C(\C#N)C(=O)Nc2cccc(Cl)c2)cc1Br. The summed E-state index contributed by atoms with van der Waals surface area (Å²) in [6.07, 6.45) is 1.51. The standard InChI is InChI=1S/C18H13Br2ClN2O2/c1-2-25-17-15(19)7-11(8-16(17)20)6-12(10-22)18(24)23-14-5-3-4-13(21)9-14/h3-9H,2H2,1H3,(H,23,24)/b12-6+. The monoisotopic (exact) mass is 482 g/mol. The quantitative estimate of drug-likeness (QED) is 0.430. The van der Waals surface area contributed by atoms with Gasteiger partial charge in [0.1, 0.15) is 17.4 Å². The Morgan fingerprint density at radius 3 is 2.56 bits per heavy atom. The Bertz CT molecular complexity index is 853. The van der Waals surface area contributed by atoms with Crippen molar-refractivity contribution in [2.45, 2.75) is 6.92 Å². The van der Waals surface area contributed by atoms with Gasteiger partial charge in [-0.1, -0.05) is 17.7 Å². The lowest BCUT2D eigenvalue weighted by Crippen LogP contribution is -2.13. The van der Waals surface area contributed by atoms with Crippen LogP contribution < -0.4 is 10.1 Å². The van der Waals surface area contributed by atoms with Crippen LogP contribution in [0.1, 0.15) is 12.5 Å². The number of amides is 1. The van der Waals surface area contributed by atoms with Crippen molar-refractivity contribution in [3.63, 3.8) is 0 Å². The molecule has 7 heteroatoms. The van der Waals surface area contributed by atoms with E-state index in [1.807, 2.05) is 13.0 Å². The van der Waals surface area contributed by atoms with Crippen LogP contribution >= 0.6 is 43.5 Å². The molecule has 0 fully saturated rings. The van der Waals surface area contributed by atoms with Gasteiger partial charge < -0.3 is 10.1 Å². The topological polar surface area (TPSA) is 62.1 Å². The van der Waals surface area contributed by atoms with E-state index in [2.05, 4.69) is 37.2 Å². The van der Waals surface area contributed by atoms with Crippen molar-refractivity contribution in [1.29, 1.82) is 5.26 Å². The van der Waals surface area contributed by atoms with Gasteiger partial charge in [0.15, 0.2) is 0 Å². The zero-order chi connectivity index (χ0) is 18.4. The molecule has 0 aromatic heterocycles. The minimum atomic E-state index is -0.508. The molecule has 0 heterocycles. The molecular weight excluding hydrogens is 471 g/mol. The van der Waals surface area contributed by atoms with E-state index in [-0.39, 0.29) is 5.57 Å². The lowest BCUT2D eigenvalue weighted by Gasteiger charge is -2.10. The van der Waals surface area contributed by atoms with E-state index < -0.39 is 5.91 Å². The number of ether oxygens (including phenoxy) is 1. The van der Waals surface area contributed by atoms with E-state index in [1.165, 1.54) is 6.08 Å². The fraction of sp³-hybridized carbons (Fsp3) is 0.111. The Morgan fingerprint density at radius 2 is 2.00 bits per heavy atom. The minimum absolute atomic E-state index is 0.0251. The van der Waals surface area contributed by atoms with E-state index in [0.717, 1.165) is 8.95 Å². The molecule has 0 aliphatic heterocycles. The largest absolute Gasteiger partial charge is 0.492 e. The van der Waals surface area contributed by atoms with E-state index >= 15 is 0 Å². The molecule has 0 atom stereocenters. The summed E-state index contributed by atoms with van der Waals surface area (Å²) < 4.78 is 6.97. The molecular formula is C18H13Br2ClN2O2. The number of benzene rings is 2. The summed E-state index contributed by atoms with van der Waals surface area (Å²) in [6.45, 7) is 2.42. The second kappa shape index (κ2) is 9.04. The number of carbonyl (C=O) groups excluding carboxylic acids is 1. The van der Waals surface area contributed by atoms with Gasteiger partial charge in [0.25, 0.3) is 5.91 Å². The molecule has 0 spiro atoms. The molecule has 4 nitrogen and oxygen atoms in total. The van der Waals surface area contributed by atoms with Crippen LogP contribution in [-0.2, 0) is 4.79 Å². The lowest BCUT2D eigenvalue weighted by atomic mass is 10.1. The van der Waals surface area contributed by atoms with Crippen molar-refractivity contribution >= 4 is 61.1 Å². The number of nitrogens with zero attached hydrogens (tertiary/aromatic N) is 1. The van der Waals surface area contributed by atoms with Gasteiger partial charge in [0, 0.05) is 10.7 Å². The highest BCUT2D eigenvalue weighted by molar-refractivity contribution is 9.11. The highest BCUT2D eigenvalue weighted by atomic mass is 79.9. The third-order valence-electron chi connectivity index (χ3n) is 3.07. The van der Waals surface area contributed by atoms with Crippen LogP contribution in [0.4, 0.5) is 5.69 Å². The number of halogens is 3. The highest BCUT2D eigenvalue weighted by Crippen LogP contribution is 2.35. The number of hydrogen-bond acceptors (Lipinski definition) is 3. The van der Waals surface area contributed by atoms with Gasteiger partial charge in [0.2, 0.25) is 0 Å². The maximum absolute atomic E-state index is 12.3. The van der Waals surface area contributed by atoms with Crippen LogP contribution in [0.25, 0.3) is 6.08 Å². The van der Waals surface area contributed by atoms with Gasteiger partial charge >= 0.3 is 0 Å². The summed E-state index contributed by atoms with van der Waals surface area (Å²) in [7, 11) is 0. The van der Waals surface area contributed by atoms with Gasteiger partial charge in [-0.3, -0.25) is 4.79 Å². The molecule has 0 aliphatic rings. The smallest absolute Gasteiger partial charge is 0.266 e. The first-order valence-corrected chi connectivity index (χ1v) is 9.21. The highest BCUT2D eigenvalue weighted by Gasteiger charge is 2.12. The van der Waals surface area contributed by atoms with Gasteiger partial charge in [-0.2, -0.15) is 5.26 Å². The van der Waals surface area contributed by atoms with E-state index in [1.54, 1.807) is 36.4 Å². The van der Waals surface area contributed by atoms with Gasteiger partial charge in [-0.25, -0.2) is 0 Å². The maximum Gasteiger partial charge on any atom is 0.266 e. The summed E-state index contributed by atoms with van der Waals surface area (Å²) in [6, 6.07) is 12.2. The summed E-state index contributed by atoms with van der Waals surface area (Å²) in [5.41, 5.74) is 1.18. The number of hydrogen-bond donors (Lipinski definition) is 1. The van der Waals surface area contributed by atoms with Gasteiger partial charge in [0.05, 0.1) is 15.6 Å². The average Bonchev–Trinajstić information content (AvgIpc) is 2.56. The second-order valence-corrected chi connectivity index (χ2v) is 7.03. The van der Waals surface area contributed by atoms with Crippen LogP contribution in [0.2, 0.25) is 5.02 Å². The van der Waals surface area contributed by atoms with Crippen LogP contribution in [0.15, 0.2) is 50.9 Å². The second-order valence-electron chi connectivity index (χ2n) is 4.88. The van der Waals surface area contributed by atoms with Gasteiger partial charge in [-0.05, 0) is 80.8 Å². The Labute approximate surface area is 167 Å². The summed E-state index contributed by atoms with van der Waals surface area (Å²) >= 11 is 12.7. The fourth-order valence-electron chi connectivity index (χ4n) is 2.02. The average molecular weight is 485 g/mol. The predicted molar refractivity (Wildman–Crippen MR) is 107 cm³/mol. The third-order valence-corrected chi connectivity index (χ3v) is 4.48. The van der Waals surface area contributed by atoms with Crippen molar-refractivity contribution in [1.82, 2.24) is 0 Å². The zero-order valence-electron chi connectivity index (χ0n) is 13.1. The molecule has 0 saturated carbocycles. The first kappa shape index (κ1) is 19.5. The number of nitriles is 1. The van der Waals surface area contributed by atoms with Crippen molar-refractivity contribution in [2.24, 2.45) is 0 Å². The summed E-state index contributed by atoms with van der Waals surface area (Å²) in [5, 5.41) is 12.5. The number of carbonyl (C=O) groups is 1. The Kier molecular flexibility index (Phi) is 7.06. The van der Waals surface area contributed by atoms with E-state index in [4.69, 9.17) is 16.3 Å². The minimum Gasteiger partial charge on any atom is -0.492 e. The normalized spacial score (nSPS) is 10.9. The zero-order valence-corrected chi connectivity index (χ0v) is 17.1. The summed E-state index contributed by atoms with van der Waals surface area (Å²) in [4.78, 5) is 12.3. The van der Waals surface area contributed by atoms with E-state index in [9.17, 15) is 10.1 Å². The number of anilines is 1. The number of rotatable bonds is 5. The molecule has 1 N–H and O–H groups in total. The predicted octanol–water partition coefficient (Wildman–Crippen LogP) is 5.81. The first-order chi connectivity index (χ1) is 11.9. The molecule has 128 valence electrons. The summed E-state index contributed by atoms with van der Waals surface area (Å²) in [5.74, 6) is 0.160. The van der Waals surface area contributed by atoms with Crippen LogP contribution in [-0.4, -0.2) is 12.5 Å². The first-order valence-electron chi connectivity index (χ1n) is 7.25. The Hall–Kier alpha value is -1.81. The molecule has 0 saturated heterocycles.